The summed E-state index contributed by atoms with van der Waals surface area (Å²) < 4.78 is 19.3. The highest BCUT2D eigenvalue weighted by molar-refractivity contribution is 5.96. The molecule has 1 atom stereocenters. The number of carbonyl (C=O) groups excluding carboxylic acids is 2. The fraction of sp³-hybridized carbons (Fsp3) is 0.455. The fourth-order valence-corrected chi connectivity index (χ4v) is 4.12. The van der Waals surface area contributed by atoms with Gasteiger partial charge in [0, 0.05) is 38.7 Å². The number of hydrogen-bond donors (Lipinski definition) is 4. The van der Waals surface area contributed by atoms with Crippen LogP contribution < -0.4 is 15.8 Å². The van der Waals surface area contributed by atoms with Crippen molar-refractivity contribution in [3.05, 3.63) is 57.0 Å². The van der Waals surface area contributed by atoms with Crippen LogP contribution in [0.25, 0.3) is 0 Å². The van der Waals surface area contributed by atoms with Crippen molar-refractivity contribution in [2.75, 3.05) is 44.4 Å². The van der Waals surface area contributed by atoms with Gasteiger partial charge in [-0.05, 0) is 24.1 Å². The minimum absolute atomic E-state index is 0.0700. The predicted molar refractivity (Wildman–Crippen MR) is 118 cm³/mol. The Morgan fingerprint density at radius 2 is 2.12 bits per heavy atom. The van der Waals surface area contributed by atoms with Crippen LogP contribution in [0.3, 0.4) is 0 Å². The molecule has 0 spiro atoms. The normalized spacial score (nSPS) is 18.1. The monoisotopic (exact) mass is 475 g/mol. The van der Waals surface area contributed by atoms with Gasteiger partial charge in [-0.15, -0.1) is 0 Å². The van der Waals surface area contributed by atoms with E-state index >= 15 is 0 Å². The van der Waals surface area contributed by atoms with Gasteiger partial charge >= 0.3 is 6.03 Å². The number of H-pyrrole nitrogens is 1. The van der Waals surface area contributed by atoms with Crippen molar-refractivity contribution in [3.8, 4) is 0 Å². The van der Waals surface area contributed by atoms with Gasteiger partial charge in [-0.3, -0.25) is 14.5 Å². The molecule has 2 aliphatic rings. The zero-order valence-corrected chi connectivity index (χ0v) is 18.4. The van der Waals surface area contributed by atoms with Crippen LogP contribution in [0.4, 0.5) is 14.9 Å². The first-order valence-corrected chi connectivity index (χ1v) is 11.0. The lowest BCUT2D eigenvalue weighted by atomic mass is 10.1. The molecule has 182 valence electrons. The Labute approximate surface area is 194 Å². The lowest BCUT2D eigenvalue weighted by molar-refractivity contribution is 0.0941. The van der Waals surface area contributed by atoms with Gasteiger partial charge in [0.05, 0.1) is 31.1 Å². The second-order valence-corrected chi connectivity index (χ2v) is 8.10. The molecule has 2 aliphatic heterocycles. The molecule has 1 aromatic carbocycles. The number of β-amino-alcohol motifs (C(OH)–C–C–N with tert-alkyl or cyclic N) is 1. The molecule has 0 saturated carbocycles. The van der Waals surface area contributed by atoms with Crippen molar-refractivity contribution in [1.82, 2.24) is 20.2 Å². The number of halogens is 1. The Morgan fingerprint density at radius 1 is 1.29 bits per heavy atom. The number of aromatic amines is 1. The topological polar surface area (TPSA) is 148 Å². The maximum absolute atomic E-state index is 14.0. The van der Waals surface area contributed by atoms with Gasteiger partial charge in [0.1, 0.15) is 17.3 Å². The first-order valence-electron chi connectivity index (χ1n) is 11.0. The summed E-state index contributed by atoms with van der Waals surface area (Å²) in [7, 11) is 0. The molecule has 4 N–H and O–H groups in total. The number of aliphatic hydroxyl groups excluding tert-OH is 2. The number of nitrogens with one attached hydrogen (secondary N) is 2. The molecule has 34 heavy (non-hydrogen) atoms. The predicted octanol–water partition coefficient (Wildman–Crippen LogP) is 0.0695. The third kappa shape index (κ3) is 4.79. The number of carbonyl (C=O) groups is 2. The van der Waals surface area contributed by atoms with Gasteiger partial charge in [0.15, 0.2) is 0 Å². The van der Waals surface area contributed by atoms with E-state index in [9.17, 15) is 23.9 Å². The second kappa shape index (κ2) is 10.3. The molecule has 12 heteroatoms. The molecule has 4 rings (SSSR count). The van der Waals surface area contributed by atoms with Crippen molar-refractivity contribution in [1.29, 1.82) is 0 Å². The summed E-state index contributed by atoms with van der Waals surface area (Å²) in [6, 6.07) is 3.53. The molecule has 2 saturated heterocycles. The Kier molecular flexibility index (Phi) is 7.20. The van der Waals surface area contributed by atoms with E-state index < -0.39 is 23.9 Å². The summed E-state index contributed by atoms with van der Waals surface area (Å²) >= 11 is 0. The smallest absolute Gasteiger partial charge is 0.324 e. The third-order valence-electron chi connectivity index (χ3n) is 5.97. The van der Waals surface area contributed by atoms with E-state index in [2.05, 4.69) is 15.3 Å². The second-order valence-electron chi connectivity index (χ2n) is 8.10. The molecule has 0 aliphatic carbocycles. The van der Waals surface area contributed by atoms with Crippen LogP contribution in [-0.4, -0.2) is 76.5 Å². The SMILES string of the molecule is O=C(NCc1ccc(F)cc1N1CCN(CCO)C1=O)c1nc(C2CCOC2)[nH]c(=O)c1CO. The van der Waals surface area contributed by atoms with Crippen molar-refractivity contribution in [2.45, 2.75) is 25.5 Å². The summed E-state index contributed by atoms with van der Waals surface area (Å²) in [4.78, 5) is 47.8. The van der Waals surface area contributed by atoms with Crippen molar-refractivity contribution in [3.63, 3.8) is 0 Å². The Morgan fingerprint density at radius 3 is 2.82 bits per heavy atom. The molecular formula is C22H26FN5O6. The number of nitrogens with zero attached hydrogens (tertiary/aromatic N) is 3. The van der Waals surface area contributed by atoms with Gasteiger partial charge in [-0.25, -0.2) is 14.2 Å². The molecule has 3 heterocycles. The van der Waals surface area contributed by atoms with Crippen molar-refractivity contribution in [2.24, 2.45) is 0 Å². The molecule has 2 fully saturated rings. The quantitative estimate of drug-likeness (QED) is 0.422. The number of urea groups is 1. The molecule has 0 bridgehead atoms. The summed E-state index contributed by atoms with van der Waals surface area (Å²) in [5, 5.41) is 21.4. The maximum Gasteiger partial charge on any atom is 0.324 e. The van der Waals surface area contributed by atoms with Crippen molar-refractivity contribution < 1.29 is 28.9 Å². The third-order valence-corrected chi connectivity index (χ3v) is 5.97. The van der Waals surface area contributed by atoms with Crippen LogP contribution >= 0.6 is 0 Å². The van der Waals surface area contributed by atoms with Crippen LogP contribution in [0.15, 0.2) is 23.0 Å². The first kappa shape index (κ1) is 23.8. The van der Waals surface area contributed by atoms with E-state index in [1.807, 2.05) is 0 Å². The highest BCUT2D eigenvalue weighted by atomic mass is 19.1. The van der Waals surface area contributed by atoms with Crippen LogP contribution in [0, 0.1) is 5.82 Å². The summed E-state index contributed by atoms with van der Waals surface area (Å²) in [5.41, 5.74) is -0.166. The molecule has 1 unspecified atom stereocenters. The number of hydrogen-bond acceptors (Lipinski definition) is 7. The number of anilines is 1. The van der Waals surface area contributed by atoms with Gasteiger partial charge < -0.3 is 30.2 Å². The van der Waals surface area contributed by atoms with E-state index in [1.54, 1.807) is 0 Å². The molecule has 2 aromatic rings. The summed E-state index contributed by atoms with van der Waals surface area (Å²) in [6.45, 7) is 0.831. The summed E-state index contributed by atoms with van der Waals surface area (Å²) in [5.74, 6) is -1.06. The van der Waals surface area contributed by atoms with Crippen LogP contribution in [0.5, 0.6) is 0 Å². The lowest BCUT2D eigenvalue weighted by Gasteiger charge is -2.21. The molecule has 11 nitrogen and oxygen atoms in total. The van der Waals surface area contributed by atoms with Crippen LogP contribution in [0.2, 0.25) is 0 Å². The van der Waals surface area contributed by atoms with E-state index in [0.717, 1.165) is 0 Å². The van der Waals surface area contributed by atoms with E-state index in [0.29, 0.717) is 49.8 Å². The molecule has 0 radical (unpaired) electrons. The number of benzene rings is 1. The van der Waals surface area contributed by atoms with Crippen LogP contribution in [-0.2, 0) is 17.9 Å². The van der Waals surface area contributed by atoms with Gasteiger partial charge in [-0.2, -0.15) is 0 Å². The minimum Gasteiger partial charge on any atom is -0.395 e. The average molecular weight is 475 g/mol. The van der Waals surface area contributed by atoms with E-state index in [4.69, 9.17) is 9.84 Å². The van der Waals surface area contributed by atoms with E-state index in [1.165, 1.54) is 28.0 Å². The largest absolute Gasteiger partial charge is 0.395 e. The van der Waals surface area contributed by atoms with Gasteiger partial charge in [-0.1, -0.05) is 6.07 Å². The molecule has 1 aromatic heterocycles. The molecule has 3 amide bonds. The number of rotatable bonds is 8. The number of ether oxygens (including phenoxy) is 1. The van der Waals surface area contributed by atoms with E-state index in [-0.39, 0.29) is 42.9 Å². The zero-order chi connectivity index (χ0) is 24.2. The van der Waals surface area contributed by atoms with Gasteiger partial charge in [0.25, 0.3) is 11.5 Å². The van der Waals surface area contributed by atoms with Crippen LogP contribution in [0.1, 0.15) is 39.8 Å². The van der Waals surface area contributed by atoms with Gasteiger partial charge in [0.2, 0.25) is 0 Å². The average Bonchev–Trinajstić information content (AvgIpc) is 3.48. The summed E-state index contributed by atoms with van der Waals surface area (Å²) in [6.07, 6.45) is 0.651. The highest BCUT2D eigenvalue weighted by Crippen LogP contribution is 2.26. The molecular weight excluding hydrogens is 449 g/mol. The number of aliphatic hydroxyl groups is 2. The maximum atomic E-state index is 14.0. The van der Waals surface area contributed by atoms with Crippen molar-refractivity contribution >= 4 is 17.6 Å². The minimum atomic E-state index is -0.680. The Bertz CT molecular complexity index is 1130. The first-order chi connectivity index (χ1) is 16.4. The fourth-order valence-electron chi connectivity index (χ4n) is 4.12. The number of amides is 3. The number of aromatic nitrogens is 2. The highest BCUT2D eigenvalue weighted by Gasteiger charge is 2.31. The zero-order valence-electron chi connectivity index (χ0n) is 18.4. The Hall–Kier alpha value is -3.35. The standard InChI is InChI=1S/C22H26FN5O6/c23-15-2-1-13(17(9-15)28-5-4-27(6-7-29)22(28)33)10-24-21(32)18-16(11-30)20(31)26-19(25-18)14-3-8-34-12-14/h1-2,9,14,29-30H,3-8,10-12H2,(H,24,32)(H,25,26,31). The lowest BCUT2D eigenvalue weighted by Crippen LogP contribution is -2.35. The Balaban J connectivity index is 1.56.